The van der Waals surface area contributed by atoms with Crippen LogP contribution in [0, 0.1) is 0 Å². The topological polar surface area (TPSA) is 54.5 Å². The van der Waals surface area contributed by atoms with Crippen molar-refractivity contribution in [1.29, 1.82) is 0 Å². The van der Waals surface area contributed by atoms with E-state index in [2.05, 4.69) is 10.3 Å². The Morgan fingerprint density at radius 3 is 2.87 bits per heavy atom. The van der Waals surface area contributed by atoms with Crippen molar-refractivity contribution in [2.24, 2.45) is 0 Å². The normalized spacial score (nSPS) is 9.53. The van der Waals surface area contributed by atoms with Crippen LogP contribution < -0.4 is 10.1 Å². The summed E-state index contributed by atoms with van der Waals surface area (Å²) in [7, 11) is 5.14. The van der Waals surface area contributed by atoms with Crippen molar-refractivity contribution in [2.45, 2.75) is 0 Å². The van der Waals surface area contributed by atoms with E-state index in [-0.39, 0.29) is 12.5 Å². The highest BCUT2D eigenvalue weighted by atomic mass is 16.5. The molecule has 0 saturated carbocycles. The van der Waals surface area contributed by atoms with Gasteiger partial charge in [-0.25, -0.2) is 0 Å². The number of hydrogen-bond acceptors (Lipinski definition) is 4. The molecule has 5 nitrogen and oxygen atoms in total. The molecule has 1 aromatic heterocycles. The second-order valence-corrected chi connectivity index (χ2v) is 3.19. The third-order valence-corrected chi connectivity index (χ3v) is 1.82. The Bertz CT molecular complexity index is 339. The number of anilines is 1. The SMILES string of the molecule is CNc1cccc(OCC(=O)N(C)C)n1. The summed E-state index contributed by atoms with van der Waals surface area (Å²) in [4.78, 5) is 16.8. The molecule has 1 heterocycles. The third-order valence-electron chi connectivity index (χ3n) is 1.82. The van der Waals surface area contributed by atoms with Crippen molar-refractivity contribution >= 4 is 11.7 Å². The number of nitrogens with one attached hydrogen (secondary N) is 1. The summed E-state index contributed by atoms with van der Waals surface area (Å²) in [6.45, 7) is 0.00711. The zero-order valence-electron chi connectivity index (χ0n) is 9.15. The number of carbonyl (C=O) groups excluding carboxylic acids is 1. The summed E-state index contributed by atoms with van der Waals surface area (Å²) in [5, 5.41) is 2.89. The quantitative estimate of drug-likeness (QED) is 0.788. The van der Waals surface area contributed by atoms with Gasteiger partial charge in [0.15, 0.2) is 6.61 Å². The first-order chi connectivity index (χ1) is 7.13. The van der Waals surface area contributed by atoms with E-state index >= 15 is 0 Å². The van der Waals surface area contributed by atoms with Crippen LogP contribution in [-0.4, -0.2) is 43.5 Å². The van der Waals surface area contributed by atoms with E-state index in [1.165, 1.54) is 4.90 Å². The van der Waals surface area contributed by atoms with E-state index in [4.69, 9.17) is 4.74 Å². The summed E-state index contributed by atoms with van der Waals surface area (Å²) in [6.07, 6.45) is 0. The van der Waals surface area contributed by atoms with E-state index in [1.807, 2.05) is 12.1 Å². The molecule has 0 atom stereocenters. The molecule has 1 amide bonds. The molecule has 5 heteroatoms. The maximum Gasteiger partial charge on any atom is 0.260 e. The first-order valence-corrected chi connectivity index (χ1v) is 4.61. The molecule has 0 aliphatic rings. The number of rotatable bonds is 4. The van der Waals surface area contributed by atoms with Crippen LogP contribution in [0.15, 0.2) is 18.2 Å². The molecule has 0 saturated heterocycles. The van der Waals surface area contributed by atoms with Crippen LogP contribution in [0.3, 0.4) is 0 Å². The van der Waals surface area contributed by atoms with Gasteiger partial charge in [0.25, 0.3) is 5.91 Å². The highest BCUT2D eigenvalue weighted by Crippen LogP contribution is 2.10. The van der Waals surface area contributed by atoms with Crippen molar-refractivity contribution in [1.82, 2.24) is 9.88 Å². The maximum atomic E-state index is 11.2. The molecule has 82 valence electrons. The lowest BCUT2D eigenvalue weighted by Gasteiger charge is -2.11. The minimum atomic E-state index is -0.0911. The molecular weight excluding hydrogens is 194 g/mol. The fourth-order valence-electron chi connectivity index (χ4n) is 0.899. The number of hydrogen-bond donors (Lipinski definition) is 1. The fraction of sp³-hybridized carbons (Fsp3) is 0.400. The van der Waals surface area contributed by atoms with Gasteiger partial charge in [-0.05, 0) is 6.07 Å². The molecule has 0 unspecified atom stereocenters. The zero-order valence-corrected chi connectivity index (χ0v) is 9.15. The van der Waals surface area contributed by atoms with Gasteiger partial charge in [-0.2, -0.15) is 4.98 Å². The van der Waals surface area contributed by atoms with Crippen LogP contribution >= 0.6 is 0 Å². The van der Waals surface area contributed by atoms with E-state index in [1.54, 1.807) is 27.2 Å². The van der Waals surface area contributed by atoms with E-state index in [9.17, 15) is 4.79 Å². The van der Waals surface area contributed by atoms with Gasteiger partial charge in [-0.15, -0.1) is 0 Å². The summed E-state index contributed by atoms with van der Waals surface area (Å²) in [5.74, 6) is 1.06. The average molecular weight is 209 g/mol. The van der Waals surface area contributed by atoms with Gasteiger partial charge in [-0.3, -0.25) is 4.79 Å². The Labute approximate surface area is 89.1 Å². The molecule has 1 aromatic rings. The standard InChI is InChI=1S/C10H15N3O2/c1-11-8-5-4-6-9(12-8)15-7-10(14)13(2)3/h4-6H,7H2,1-3H3,(H,11,12). The average Bonchev–Trinajstić information content (AvgIpc) is 2.26. The molecule has 0 radical (unpaired) electrons. The Kier molecular flexibility index (Phi) is 3.91. The molecule has 1 N–H and O–H groups in total. The Balaban J connectivity index is 2.54. The summed E-state index contributed by atoms with van der Waals surface area (Å²) in [5.41, 5.74) is 0. The summed E-state index contributed by atoms with van der Waals surface area (Å²) < 4.78 is 5.23. The molecule has 0 spiro atoms. The van der Waals surface area contributed by atoms with Crippen LogP contribution in [0.2, 0.25) is 0 Å². The van der Waals surface area contributed by atoms with Gasteiger partial charge in [-0.1, -0.05) is 6.07 Å². The minimum Gasteiger partial charge on any atom is -0.468 e. The molecular formula is C10H15N3O2. The smallest absolute Gasteiger partial charge is 0.260 e. The molecule has 0 bridgehead atoms. The van der Waals surface area contributed by atoms with Crippen LogP contribution in [0.5, 0.6) is 5.88 Å². The van der Waals surface area contributed by atoms with Crippen LogP contribution in [-0.2, 0) is 4.79 Å². The first kappa shape index (κ1) is 11.3. The molecule has 0 aliphatic heterocycles. The Morgan fingerprint density at radius 1 is 1.53 bits per heavy atom. The van der Waals surface area contributed by atoms with Gasteiger partial charge in [0, 0.05) is 27.2 Å². The highest BCUT2D eigenvalue weighted by Gasteiger charge is 2.05. The molecule has 15 heavy (non-hydrogen) atoms. The van der Waals surface area contributed by atoms with Crippen LogP contribution in [0.25, 0.3) is 0 Å². The van der Waals surface area contributed by atoms with Crippen molar-refractivity contribution < 1.29 is 9.53 Å². The predicted octanol–water partition coefficient (Wildman–Crippen LogP) is 0.590. The number of nitrogens with zero attached hydrogens (tertiary/aromatic N) is 2. The zero-order chi connectivity index (χ0) is 11.3. The van der Waals surface area contributed by atoms with Crippen molar-refractivity contribution in [3.8, 4) is 5.88 Å². The van der Waals surface area contributed by atoms with Crippen molar-refractivity contribution in [3.05, 3.63) is 18.2 Å². The van der Waals surface area contributed by atoms with Gasteiger partial charge in [0.2, 0.25) is 5.88 Å². The number of carbonyl (C=O) groups is 1. The number of ether oxygens (including phenoxy) is 1. The van der Waals surface area contributed by atoms with E-state index in [0.717, 1.165) is 0 Å². The molecule has 0 fully saturated rings. The third kappa shape index (κ3) is 3.46. The van der Waals surface area contributed by atoms with E-state index < -0.39 is 0 Å². The fourth-order valence-corrected chi connectivity index (χ4v) is 0.899. The molecule has 1 rings (SSSR count). The monoisotopic (exact) mass is 209 g/mol. The van der Waals surface area contributed by atoms with Gasteiger partial charge < -0.3 is 15.0 Å². The predicted molar refractivity (Wildman–Crippen MR) is 58.0 cm³/mol. The van der Waals surface area contributed by atoms with Crippen LogP contribution in [0.4, 0.5) is 5.82 Å². The lowest BCUT2D eigenvalue weighted by molar-refractivity contribution is -0.130. The summed E-state index contributed by atoms with van der Waals surface area (Å²) in [6, 6.07) is 5.35. The lowest BCUT2D eigenvalue weighted by atomic mass is 10.4. The number of aromatic nitrogens is 1. The van der Waals surface area contributed by atoms with E-state index in [0.29, 0.717) is 11.7 Å². The minimum absolute atomic E-state index is 0.00711. The highest BCUT2D eigenvalue weighted by molar-refractivity contribution is 5.77. The van der Waals surface area contributed by atoms with Gasteiger partial charge in [0.1, 0.15) is 5.82 Å². The summed E-state index contributed by atoms with van der Waals surface area (Å²) >= 11 is 0. The second-order valence-electron chi connectivity index (χ2n) is 3.19. The molecule has 0 aromatic carbocycles. The first-order valence-electron chi connectivity index (χ1n) is 4.61. The lowest BCUT2D eigenvalue weighted by Crippen LogP contribution is -2.27. The number of amides is 1. The van der Waals surface area contributed by atoms with Gasteiger partial charge >= 0.3 is 0 Å². The largest absolute Gasteiger partial charge is 0.468 e. The second kappa shape index (κ2) is 5.19. The Hall–Kier alpha value is -1.78. The van der Waals surface area contributed by atoms with Gasteiger partial charge in [0.05, 0.1) is 0 Å². The van der Waals surface area contributed by atoms with Crippen molar-refractivity contribution in [2.75, 3.05) is 33.1 Å². The number of likely N-dealkylation sites (N-methyl/N-ethyl adjacent to an activating group) is 1. The van der Waals surface area contributed by atoms with Crippen molar-refractivity contribution in [3.63, 3.8) is 0 Å². The molecule has 0 aliphatic carbocycles. The Morgan fingerprint density at radius 2 is 2.27 bits per heavy atom. The maximum absolute atomic E-state index is 11.2. The van der Waals surface area contributed by atoms with Crippen LogP contribution in [0.1, 0.15) is 0 Å². The number of pyridine rings is 1.